The van der Waals surface area contributed by atoms with Gasteiger partial charge < -0.3 is 14.6 Å². The molecule has 0 aliphatic carbocycles. The summed E-state index contributed by atoms with van der Waals surface area (Å²) in [6.45, 7) is 3.17. The summed E-state index contributed by atoms with van der Waals surface area (Å²) in [5, 5.41) is 7.65. The molecule has 2 aromatic rings. The van der Waals surface area contributed by atoms with Crippen LogP contribution in [0.1, 0.15) is 43.5 Å². The van der Waals surface area contributed by atoms with Crippen molar-refractivity contribution in [2.45, 2.75) is 38.1 Å². The largest absolute Gasteiger partial charge is 0.497 e. The first-order valence-corrected chi connectivity index (χ1v) is 7.47. The van der Waals surface area contributed by atoms with E-state index in [0.717, 1.165) is 48.8 Å². The molecule has 3 rings (SSSR count). The molecule has 0 saturated carbocycles. The highest BCUT2D eigenvalue weighted by molar-refractivity contribution is 5.30. The Morgan fingerprint density at radius 1 is 1.43 bits per heavy atom. The van der Waals surface area contributed by atoms with E-state index in [0.29, 0.717) is 6.42 Å². The van der Waals surface area contributed by atoms with Crippen LogP contribution in [0.3, 0.4) is 0 Å². The molecule has 1 saturated heterocycles. The van der Waals surface area contributed by atoms with Gasteiger partial charge in [-0.1, -0.05) is 24.2 Å². The van der Waals surface area contributed by atoms with Crippen LogP contribution in [0.15, 0.2) is 28.8 Å². The van der Waals surface area contributed by atoms with Crippen molar-refractivity contribution < 1.29 is 9.26 Å². The third-order valence-electron chi connectivity index (χ3n) is 4.22. The summed E-state index contributed by atoms with van der Waals surface area (Å²) in [5.41, 5.74) is 0.992. The number of benzene rings is 1. The van der Waals surface area contributed by atoms with E-state index in [1.807, 2.05) is 24.3 Å². The molecule has 0 bridgehead atoms. The molecule has 0 spiro atoms. The van der Waals surface area contributed by atoms with Gasteiger partial charge in [-0.15, -0.1) is 0 Å². The van der Waals surface area contributed by atoms with Crippen LogP contribution in [-0.2, 0) is 12.0 Å². The Hall–Kier alpha value is -1.88. The third-order valence-corrected chi connectivity index (χ3v) is 4.22. The Kier molecular flexibility index (Phi) is 3.92. The maximum atomic E-state index is 5.52. The van der Waals surface area contributed by atoms with Gasteiger partial charge in [-0.2, -0.15) is 4.98 Å². The molecular weight excluding hydrogens is 266 g/mol. The molecular formula is C16H21N3O2. The van der Waals surface area contributed by atoms with E-state index in [9.17, 15) is 0 Å². The maximum Gasteiger partial charge on any atom is 0.246 e. The number of hydrogen-bond donors (Lipinski definition) is 1. The third kappa shape index (κ3) is 2.78. The Bertz CT molecular complexity index is 603. The zero-order chi connectivity index (χ0) is 14.7. The number of nitrogens with zero attached hydrogens (tertiary/aromatic N) is 2. The van der Waals surface area contributed by atoms with Gasteiger partial charge in [-0.05, 0) is 43.5 Å². The molecule has 1 fully saturated rings. The van der Waals surface area contributed by atoms with Crippen molar-refractivity contribution in [3.63, 3.8) is 0 Å². The molecule has 21 heavy (non-hydrogen) atoms. The highest BCUT2D eigenvalue weighted by atomic mass is 16.5. The zero-order valence-corrected chi connectivity index (χ0v) is 12.6. The molecule has 5 heteroatoms. The van der Waals surface area contributed by atoms with E-state index in [-0.39, 0.29) is 5.54 Å². The maximum absolute atomic E-state index is 5.52. The van der Waals surface area contributed by atoms with E-state index >= 15 is 0 Å². The smallest absolute Gasteiger partial charge is 0.246 e. The number of methoxy groups -OCH3 is 1. The van der Waals surface area contributed by atoms with Gasteiger partial charge in [0.1, 0.15) is 5.75 Å². The van der Waals surface area contributed by atoms with Gasteiger partial charge in [0.05, 0.1) is 12.6 Å². The number of ether oxygens (including phenoxy) is 1. The van der Waals surface area contributed by atoms with Crippen molar-refractivity contribution in [3.8, 4) is 5.75 Å². The second kappa shape index (κ2) is 5.85. The Morgan fingerprint density at radius 3 is 3.05 bits per heavy atom. The highest BCUT2D eigenvalue weighted by Gasteiger charge is 2.38. The Balaban J connectivity index is 1.78. The van der Waals surface area contributed by atoms with Crippen molar-refractivity contribution in [3.05, 3.63) is 41.5 Å². The standard InChI is InChI=1S/C16H21N3O2/c1-3-16(8-5-9-17-16)15-18-14(19-21-15)11-12-6-4-7-13(10-12)20-2/h4,6-7,10,17H,3,5,8-9,11H2,1-2H3. The predicted molar refractivity (Wildman–Crippen MR) is 79.3 cm³/mol. The van der Waals surface area contributed by atoms with E-state index in [2.05, 4.69) is 22.4 Å². The summed E-state index contributed by atoms with van der Waals surface area (Å²) >= 11 is 0. The van der Waals surface area contributed by atoms with Gasteiger partial charge in [0.15, 0.2) is 5.82 Å². The van der Waals surface area contributed by atoms with Crippen LogP contribution in [0, 0.1) is 0 Å². The van der Waals surface area contributed by atoms with Crippen LogP contribution in [0.4, 0.5) is 0 Å². The Labute approximate surface area is 124 Å². The van der Waals surface area contributed by atoms with E-state index in [1.165, 1.54) is 0 Å². The molecule has 0 radical (unpaired) electrons. The SMILES string of the molecule is CCC1(c2nc(Cc3cccc(OC)c3)no2)CCCN1. The molecule has 0 amide bonds. The minimum absolute atomic E-state index is 0.125. The lowest BCUT2D eigenvalue weighted by Crippen LogP contribution is -2.36. The molecule has 1 aliphatic heterocycles. The lowest BCUT2D eigenvalue weighted by atomic mass is 9.94. The van der Waals surface area contributed by atoms with Crippen molar-refractivity contribution >= 4 is 0 Å². The second-order valence-corrected chi connectivity index (χ2v) is 5.51. The van der Waals surface area contributed by atoms with Gasteiger partial charge >= 0.3 is 0 Å². The van der Waals surface area contributed by atoms with Crippen molar-refractivity contribution in [2.24, 2.45) is 0 Å². The minimum atomic E-state index is -0.125. The fourth-order valence-corrected chi connectivity index (χ4v) is 2.93. The topological polar surface area (TPSA) is 60.2 Å². The monoisotopic (exact) mass is 287 g/mol. The normalized spacial score (nSPS) is 21.6. The van der Waals surface area contributed by atoms with Gasteiger partial charge in [0.2, 0.25) is 5.89 Å². The van der Waals surface area contributed by atoms with Crippen molar-refractivity contribution in [2.75, 3.05) is 13.7 Å². The molecule has 1 aromatic heterocycles. The molecule has 1 aromatic carbocycles. The number of nitrogens with one attached hydrogen (secondary N) is 1. The van der Waals surface area contributed by atoms with Crippen molar-refractivity contribution in [1.82, 2.24) is 15.5 Å². The van der Waals surface area contributed by atoms with Gasteiger partial charge in [0, 0.05) is 6.42 Å². The summed E-state index contributed by atoms with van der Waals surface area (Å²) in [4.78, 5) is 4.60. The minimum Gasteiger partial charge on any atom is -0.497 e. The number of rotatable bonds is 5. The summed E-state index contributed by atoms with van der Waals surface area (Å²) in [6, 6.07) is 7.95. The first-order chi connectivity index (χ1) is 10.3. The summed E-state index contributed by atoms with van der Waals surface area (Å²) in [7, 11) is 1.67. The van der Waals surface area contributed by atoms with Crippen molar-refractivity contribution in [1.29, 1.82) is 0 Å². The van der Waals surface area contributed by atoms with Gasteiger partial charge in [0.25, 0.3) is 0 Å². The molecule has 1 aliphatic rings. The summed E-state index contributed by atoms with van der Waals surface area (Å²) < 4.78 is 10.8. The van der Waals surface area contributed by atoms with Gasteiger partial charge in [-0.3, -0.25) is 0 Å². The van der Waals surface area contributed by atoms with E-state index in [4.69, 9.17) is 9.26 Å². The lowest BCUT2D eigenvalue weighted by Gasteiger charge is -2.22. The molecule has 112 valence electrons. The fourth-order valence-electron chi connectivity index (χ4n) is 2.93. The van der Waals surface area contributed by atoms with E-state index in [1.54, 1.807) is 7.11 Å². The van der Waals surface area contributed by atoms with Crippen LogP contribution in [0.25, 0.3) is 0 Å². The van der Waals surface area contributed by atoms with E-state index < -0.39 is 0 Å². The van der Waals surface area contributed by atoms with Crippen LogP contribution >= 0.6 is 0 Å². The first-order valence-electron chi connectivity index (χ1n) is 7.47. The van der Waals surface area contributed by atoms with Crippen LogP contribution < -0.4 is 10.1 Å². The average Bonchev–Trinajstić information content (AvgIpc) is 3.17. The second-order valence-electron chi connectivity index (χ2n) is 5.51. The molecule has 1 atom stereocenters. The average molecular weight is 287 g/mol. The van der Waals surface area contributed by atoms with Crippen LogP contribution in [-0.4, -0.2) is 23.8 Å². The predicted octanol–water partition coefficient (Wildman–Crippen LogP) is 2.66. The highest BCUT2D eigenvalue weighted by Crippen LogP contribution is 2.32. The fraction of sp³-hybridized carbons (Fsp3) is 0.500. The zero-order valence-electron chi connectivity index (χ0n) is 12.6. The summed E-state index contributed by atoms with van der Waals surface area (Å²) in [5.74, 6) is 2.29. The van der Waals surface area contributed by atoms with Crippen LogP contribution in [0.5, 0.6) is 5.75 Å². The number of hydrogen-bond acceptors (Lipinski definition) is 5. The molecule has 1 N–H and O–H groups in total. The van der Waals surface area contributed by atoms with Gasteiger partial charge in [-0.25, -0.2) is 0 Å². The molecule has 1 unspecified atom stereocenters. The van der Waals surface area contributed by atoms with Crippen LogP contribution in [0.2, 0.25) is 0 Å². The lowest BCUT2D eigenvalue weighted by molar-refractivity contribution is 0.249. The quantitative estimate of drug-likeness (QED) is 0.916. The molecule has 2 heterocycles. The Morgan fingerprint density at radius 2 is 2.33 bits per heavy atom. The first kappa shape index (κ1) is 14.1. The molecule has 5 nitrogen and oxygen atoms in total. The summed E-state index contributed by atoms with van der Waals surface area (Å²) in [6.07, 6.45) is 3.83. The number of aromatic nitrogens is 2.